The van der Waals surface area contributed by atoms with Crippen LogP contribution in [-0.4, -0.2) is 47.0 Å². The highest BCUT2D eigenvalue weighted by molar-refractivity contribution is 5.90. The van der Waals surface area contributed by atoms with Crippen LogP contribution in [0.1, 0.15) is 44.9 Å². The van der Waals surface area contributed by atoms with Gasteiger partial charge in [0.1, 0.15) is 5.82 Å². The van der Waals surface area contributed by atoms with Crippen LogP contribution < -0.4 is 15.1 Å². The molecule has 0 radical (unpaired) electrons. The van der Waals surface area contributed by atoms with Gasteiger partial charge in [0.25, 0.3) is 0 Å². The molecule has 2 aromatic heterocycles. The molecule has 7 nitrogen and oxygen atoms in total. The van der Waals surface area contributed by atoms with Crippen LogP contribution in [0.3, 0.4) is 0 Å². The van der Waals surface area contributed by atoms with Crippen LogP contribution in [0, 0.1) is 23.2 Å². The molecule has 3 heterocycles. The topological polar surface area (TPSA) is 74.2 Å². The standard InChI is InChI=1S/C25H32N6O/c32-23(15-25-12-18-9-19(13-25)11-20(10-18)14-25)29-21-16-27-24(28-17-21)31-7-5-30(6-8-31)22-3-1-2-4-26-22/h1-4,16-20H,5-15H2,(H,29,32). The van der Waals surface area contributed by atoms with E-state index in [4.69, 9.17) is 0 Å². The van der Waals surface area contributed by atoms with E-state index in [1.165, 1.54) is 38.5 Å². The third kappa shape index (κ3) is 3.93. The summed E-state index contributed by atoms with van der Waals surface area (Å²) in [5.41, 5.74) is 0.961. The van der Waals surface area contributed by atoms with E-state index in [2.05, 4.69) is 30.1 Å². The number of hydrogen-bond acceptors (Lipinski definition) is 6. The summed E-state index contributed by atoms with van der Waals surface area (Å²) in [6, 6.07) is 6.01. The summed E-state index contributed by atoms with van der Waals surface area (Å²) < 4.78 is 0. The number of pyridine rings is 1. The van der Waals surface area contributed by atoms with Crippen molar-refractivity contribution in [1.29, 1.82) is 0 Å². The maximum atomic E-state index is 12.9. The van der Waals surface area contributed by atoms with Crippen LogP contribution in [0.5, 0.6) is 0 Å². The molecule has 4 bridgehead atoms. The Kier molecular flexibility index (Phi) is 5.00. The number of amides is 1. The fourth-order valence-electron chi connectivity index (χ4n) is 7.28. The fraction of sp³-hybridized carbons (Fsp3) is 0.600. The van der Waals surface area contributed by atoms with Crippen LogP contribution in [0.4, 0.5) is 17.5 Å². The van der Waals surface area contributed by atoms with E-state index in [0.29, 0.717) is 12.1 Å². The van der Waals surface area contributed by atoms with Crippen LogP contribution >= 0.6 is 0 Å². The van der Waals surface area contributed by atoms with Gasteiger partial charge in [-0.3, -0.25) is 4.79 Å². The number of rotatable bonds is 5. The lowest BCUT2D eigenvalue weighted by molar-refractivity contribution is -0.124. The minimum absolute atomic E-state index is 0.132. The molecule has 168 valence electrons. The quantitative estimate of drug-likeness (QED) is 0.776. The highest BCUT2D eigenvalue weighted by Gasteiger charge is 2.51. The number of nitrogens with zero attached hydrogens (tertiary/aromatic N) is 5. The first-order valence-electron chi connectivity index (χ1n) is 12.2. The van der Waals surface area contributed by atoms with Crippen LogP contribution in [0.2, 0.25) is 0 Å². The summed E-state index contributed by atoms with van der Waals surface area (Å²) in [5, 5.41) is 3.08. The van der Waals surface area contributed by atoms with Crippen molar-refractivity contribution in [2.75, 3.05) is 41.3 Å². The van der Waals surface area contributed by atoms with Crippen molar-refractivity contribution in [3.8, 4) is 0 Å². The van der Waals surface area contributed by atoms with Crippen molar-refractivity contribution >= 4 is 23.4 Å². The predicted molar refractivity (Wildman–Crippen MR) is 125 cm³/mol. The average molecular weight is 433 g/mol. The summed E-state index contributed by atoms with van der Waals surface area (Å²) in [5.74, 6) is 4.49. The Morgan fingerprint density at radius 1 is 0.906 bits per heavy atom. The zero-order valence-electron chi connectivity index (χ0n) is 18.6. The zero-order valence-corrected chi connectivity index (χ0v) is 18.6. The molecule has 1 amide bonds. The third-order valence-corrected chi connectivity index (χ3v) is 8.16. The molecule has 4 aliphatic carbocycles. The molecule has 0 unspecified atom stereocenters. The number of anilines is 3. The van der Waals surface area contributed by atoms with Crippen molar-refractivity contribution in [3.63, 3.8) is 0 Å². The van der Waals surface area contributed by atoms with Gasteiger partial charge in [-0.1, -0.05) is 6.07 Å². The molecule has 7 heteroatoms. The second kappa shape index (κ2) is 8.01. The fourth-order valence-corrected chi connectivity index (χ4v) is 7.28. The van der Waals surface area contributed by atoms with Gasteiger partial charge >= 0.3 is 0 Å². The van der Waals surface area contributed by atoms with Gasteiger partial charge in [-0.15, -0.1) is 0 Å². The second-order valence-corrected chi connectivity index (χ2v) is 10.6. The van der Waals surface area contributed by atoms with Gasteiger partial charge in [-0.25, -0.2) is 15.0 Å². The smallest absolute Gasteiger partial charge is 0.225 e. The van der Waals surface area contributed by atoms with E-state index in [-0.39, 0.29) is 11.3 Å². The Morgan fingerprint density at radius 2 is 1.53 bits per heavy atom. The summed E-state index contributed by atoms with van der Waals surface area (Å²) in [6.45, 7) is 3.50. The average Bonchev–Trinajstić information content (AvgIpc) is 2.79. The van der Waals surface area contributed by atoms with Crippen molar-refractivity contribution in [2.24, 2.45) is 23.2 Å². The van der Waals surface area contributed by atoms with Gasteiger partial charge < -0.3 is 15.1 Å². The number of carbonyl (C=O) groups excluding carboxylic acids is 1. The van der Waals surface area contributed by atoms with E-state index in [1.54, 1.807) is 12.4 Å². The lowest BCUT2D eigenvalue weighted by Gasteiger charge is -2.56. The lowest BCUT2D eigenvalue weighted by atomic mass is 9.49. The van der Waals surface area contributed by atoms with Crippen LogP contribution in [-0.2, 0) is 4.79 Å². The van der Waals surface area contributed by atoms with E-state index in [9.17, 15) is 4.79 Å². The van der Waals surface area contributed by atoms with Crippen molar-refractivity contribution in [1.82, 2.24) is 15.0 Å². The third-order valence-electron chi connectivity index (χ3n) is 8.16. The number of piperazine rings is 1. The molecule has 1 N–H and O–H groups in total. The summed E-state index contributed by atoms with van der Waals surface area (Å²) in [7, 11) is 0. The maximum absolute atomic E-state index is 12.9. The summed E-state index contributed by atoms with van der Waals surface area (Å²) in [6.07, 6.45) is 14.0. The van der Waals surface area contributed by atoms with E-state index >= 15 is 0 Å². The monoisotopic (exact) mass is 432 g/mol. The lowest BCUT2D eigenvalue weighted by Crippen LogP contribution is -2.47. The zero-order chi connectivity index (χ0) is 21.5. The van der Waals surface area contributed by atoms with Crippen LogP contribution in [0.25, 0.3) is 0 Å². The van der Waals surface area contributed by atoms with E-state index in [1.807, 2.05) is 24.4 Å². The Morgan fingerprint density at radius 3 is 2.12 bits per heavy atom. The van der Waals surface area contributed by atoms with Gasteiger partial charge in [-0.05, 0) is 73.8 Å². The number of hydrogen-bond donors (Lipinski definition) is 1. The van der Waals surface area contributed by atoms with Gasteiger partial charge in [0.15, 0.2) is 0 Å². The molecule has 4 saturated carbocycles. The van der Waals surface area contributed by atoms with Gasteiger partial charge in [0, 0.05) is 38.8 Å². The molecule has 5 aliphatic rings. The van der Waals surface area contributed by atoms with E-state index in [0.717, 1.165) is 55.7 Å². The maximum Gasteiger partial charge on any atom is 0.225 e. The Hall–Kier alpha value is -2.70. The molecule has 0 aromatic carbocycles. The highest BCUT2D eigenvalue weighted by atomic mass is 16.1. The predicted octanol–water partition coefficient (Wildman–Crippen LogP) is 3.74. The first-order chi connectivity index (χ1) is 15.6. The largest absolute Gasteiger partial charge is 0.353 e. The molecule has 1 saturated heterocycles. The Balaban J connectivity index is 1.03. The molecular formula is C25H32N6O. The van der Waals surface area contributed by atoms with Gasteiger partial charge in [-0.2, -0.15) is 0 Å². The number of nitrogens with one attached hydrogen (secondary N) is 1. The SMILES string of the molecule is O=C(CC12CC3CC(CC(C3)C1)C2)Nc1cnc(N2CCN(c3ccccn3)CC2)nc1. The summed E-state index contributed by atoms with van der Waals surface area (Å²) >= 11 is 0. The van der Waals surface area contributed by atoms with Crippen molar-refractivity contribution in [3.05, 3.63) is 36.8 Å². The van der Waals surface area contributed by atoms with Crippen LogP contribution in [0.15, 0.2) is 36.8 Å². The first kappa shape index (κ1) is 19.9. The number of aromatic nitrogens is 3. The molecule has 2 aromatic rings. The van der Waals surface area contributed by atoms with Gasteiger partial charge in [0.05, 0.1) is 18.1 Å². The molecule has 32 heavy (non-hydrogen) atoms. The van der Waals surface area contributed by atoms with Crippen molar-refractivity contribution in [2.45, 2.75) is 44.9 Å². The minimum Gasteiger partial charge on any atom is -0.353 e. The molecule has 7 rings (SSSR count). The molecule has 1 aliphatic heterocycles. The Bertz CT molecular complexity index is 919. The van der Waals surface area contributed by atoms with Crippen molar-refractivity contribution < 1.29 is 4.79 Å². The summed E-state index contributed by atoms with van der Waals surface area (Å²) in [4.78, 5) is 30.9. The minimum atomic E-state index is 0.132. The molecule has 5 fully saturated rings. The highest BCUT2D eigenvalue weighted by Crippen LogP contribution is 2.61. The molecular weight excluding hydrogens is 400 g/mol. The molecule has 0 atom stereocenters. The molecule has 0 spiro atoms. The second-order valence-electron chi connectivity index (χ2n) is 10.6. The first-order valence-corrected chi connectivity index (χ1v) is 12.2. The normalized spacial score (nSPS) is 31.1. The van der Waals surface area contributed by atoms with Gasteiger partial charge in [0.2, 0.25) is 11.9 Å². The Labute approximate surface area is 189 Å². The number of carbonyl (C=O) groups is 1. The van der Waals surface area contributed by atoms with E-state index < -0.39 is 0 Å².